The number of rotatable bonds is 6. The topological polar surface area (TPSA) is 79.2 Å². The van der Waals surface area contributed by atoms with E-state index in [9.17, 15) is 9.59 Å². The minimum absolute atomic E-state index is 0.258. The lowest BCUT2D eigenvalue weighted by atomic mass is 9.95. The van der Waals surface area contributed by atoms with Gasteiger partial charge in [-0.15, -0.1) is 0 Å². The normalized spacial score (nSPS) is 13.1. The lowest BCUT2D eigenvalue weighted by Gasteiger charge is -2.15. The van der Waals surface area contributed by atoms with Crippen molar-refractivity contribution in [2.24, 2.45) is 5.92 Å². The van der Waals surface area contributed by atoms with Crippen LogP contribution in [0, 0.1) is 31.1 Å². The van der Waals surface area contributed by atoms with Crippen molar-refractivity contribution in [3.05, 3.63) is 34.9 Å². The molecule has 0 aliphatic carbocycles. The molecule has 1 aromatic carbocycles. The quantitative estimate of drug-likeness (QED) is 0.639. The van der Waals surface area contributed by atoms with Gasteiger partial charge in [0.2, 0.25) is 5.91 Å². The van der Waals surface area contributed by atoms with Crippen LogP contribution in [0.2, 0.25) is 0 Å². The van der Waals surface area contributed by atoms with Crippen molar-refractivity contribution in [2.75, 3.05) is 13.7 Å². The number of nitrogens with one attached hydrogen (secondary N) is 1. The molecule has 5 nitrogen and oxygen atoms in total. The van der Waals surface area contributed by atoms with Crippen LogP contribution in [0.4, 0.5) is 0 Å². The summed E-state index contributed by atoms with van der Waals surface area (Å²) < 4.78 is 4.91. The first-order chi connectivity index (χ1) is 9.90. The predicted molar refractivity (Wildman–Crippen MR) is 78.8 cm³/mol. The van der Waals surface area contributed by atoms with Gasteiger partial charge in [0.1, 0.15) is 0 Å². The van der Waals surface area contributed by atoms with E-state index in [-0.39, 0.29) is 6.04 Å². The molecule has 0 heterocycles. The number of aryl methyl sites for hydroxylation is 2. The maximum atomic E-state index is 12.3. The molecule has 2 atom stereocenters. The standard InChI is InChI=1S/C16H20N2O3/c1-10-5-6-13(7-11(10)2)15(19)14(8-17)16(20)18-12(3)9-21-4/h5-7,12,14H,9H2,1-4H3,(H,18,20). The van der Waals surface area contributed by atoms with E-state index >= 15 is 0 Å². The van der Waals surface area contributed by atoms with Crippen molar-refractivity contribution >= 4 is 11.7 Å². The molecule has 0 radical (unpaired) electrons. The maximum absolute atomic E-state index is 12.3. The fourth-order valence-electron chi connectivity index (χ4n) is 1.92. The van der Waals surface area contributed by atoms with Gasteiger partial charge in [0.05, 0.1) is 12.7 Å². The summed E-state index contributed by atoms with van der Waals surface area (Å²) in [4.78, 5) is 24.3. The highest BCUT2D eigenvalue weighted by Crippen LogP contribution is 2.14. The van der Waals surface area contributed by atoms with E-state index in [4.69, 9.17) is 10.00 Å². The van der Waals surface area contributed by atoms with Crippen molar-refractivity contribution in [1.29, 1.82) is 5.26 Å². The lowest BCUT2D eigenvalue weighted by molar-refractivity contribution is -0.123. The molecule has 1 amide bonds. The highest BCUT2D eigenvalue weighted by molar-refractivity contribution is 6.12. The molecule has 0 aliphatic rings. The minimum atomic E-state index is -1.34. The number of amides is 1. The Morgan fingerprint density at radius 1 is 1.33 bits per heavy atom. The molecule has 1 rings (SSSR count). The minimum Gasteiger partial charge on any atom is -0.383 e. The van der Waals surface area contributed by atoms with Gasteiger partial charge < -0.3 is 10.1 Å². The Bertz CT molecular complexity index is 575. The molecule has 0 aliphatic heterocycles. The Labute approximate surface area is 124 Å². The third kappa shape index (κ3) is 4.40. The van der Waals surface area contributed by atoms with E-state index in [1.165, 1.54) is 7.11 Å². The lowest BCUT2D eigenvalue weighted by Crippen LogP contribution is -2.41. The van der Waals surface area contributed by atoms with Gasteiger partial charge in [0.25, 0.3) is 0 Å². The number of nitriles is 1. The number of ether oxygens (including phenoxy) is 1. The second-order valence-corrected chi connectivity index (χ2v) is 5.09. The second-order valence-electron chi connectivity index (χ2n) is 5.09. The third-order valence-corrected chi connectivity index (χ3v) is 3.25. The number of methoxy groups -OCH3 is 1. The fraction of sp³-hybridized carbons (Fsp3) is 0.438. The van der Waals surface area contributed by atoms with Gasteiger partial charge in [-0.3, -0.25) is 9.59 Å². The predicted octanol–water partition coefficient (Wildman–Crippen LogP) is 1.78. The number of hydrogen-bond donors (Lipinski definition) is 1. The molecule has 1 N–H and O–H groups in total. The molecule has 0 fully saturated rings. The van der Waals surface area contributed by atoms with Crippen LogP contribution in [0.25, 0.3) is 0 Å². The number of carbonyl (C=O) groups excluding carboxylic acids is 2. The first-order valence-corrected chi connectivity index (χ1v) is 6.71. The number of Topliss-reactive ketones (excluding diaryl/α,β-unsaturated/α-hetero) is 1. The molecule has 0 bridgehead atoms. The monoisotopic (exact) mass is 288 g/mol. The van der Waals surface area contributed by atoms with Gasteiger partial charge in [-0.1, -0.05) is 12.1 Å². The van der Waals surface area contributed by atoms with Gasteiger partial charge in [-0.05, 0) is 38.0 Å². The molecule has 0 spiro atoms. The average molecular weight is 288 g/mol. The molecular formula is C16H20N2O3. The molecule has 5 heteroatoms. The fourth-order valence-corrected chi connectivity index (χ4v) is 1.92. The average Bonchev–Trinajstić information content (AvgIpc) is 2.42. The Morgan fingerprint density at radius 2 is 2.00 bits per heavy atom. The number of hydrogen-bond acceptors (Lipinski definition) is 4. The molecule has 2 unspecified atom stereocenters. The van der Waals surface area contributed by atoms with Crippen LogP contribution in [0.1, 0.15) is 28.4 Å². The van der Waals surface area contributed by atoms with E-state index in [1.807, 2.05) is 19.9 Å². The number of benzene rings is 1. The Balaban J connectivity index is 2.89. The molecule has 0 saturated carbocycles. The number of nitrogens with zero attached hydrogens (tertiary/aromatic N) is 1. The zero-order valence-electron chi connectivity index (χ0n) is 12.8. The van der Waals surface area contributed by atoms with Crippen molar-refractivity contribution in [2.45, 2.75) is 26.8 Å². The van der Waals surface area contributed by atoms with Crippen LogP contribution in [-0.4, -0.2) is 31.4 Å². The second kappa shape index (κ2) is 7.55. The Kier molecular flexibility index (Phi) is 6.07. The summed E-state index contributed by atoms with van der Waals surface area (Å²) in [6, 6.07) is 6.67. The molecule has 112 valence electrons. The van der Waals surface area contributed by atoms with E-state index in [1.54, 1.807) is 25.1 Å². The summed E-state index contributed by atoms with van der Waals surface area (Å²) in [5.74, 6) is -2.42. The summed E-state index contributed by atoms with van der Waals surface area (Å²) in [5.41, 5.74) is 2.38. The molecule has 21 heavy (non-hydrogen) atoms. The van der Waals surface area contributed by atoms with Gasteiger partial charge in [0, 0.05) is 18.7 Å². The number of ketones is 1. The van der Waals surface area contributed by atoms with Crippen LogP contribution < -0.4 is 5.32 Å². The zero-order chi connectivity index (χ0) is 16.0. The highest BCUT2D eigenvalue weighted by atomic mass is 16.5. The number of carbonyl (C=O) groups is 2. The smallest absolute Gasteiger partial charge is 0.245 e. The van der Waals surface area contributed by atoms with Crippen molar-refractivity contribution < 1.29 is 14.3 Å². The highest BCUT2D eigenvalue weighted by Gasteiger charge is 2.28. The van der Waals surface area contributed by atoms with Gasteiger partial charge in [-0.2, -0.15) is 5.26 Å². The van der Waals surface area contributed by atoms with Crippen LogP contribution in [0.15, 0.2) is 18.2 Å². The van der Waals surface area contributed by atoms with Crippen molar-refractivity contribution in [3.63, 3.8) is 0 Å². The van der Waals surface area contributed by atoms with Gasteiger partial charge in [0.15, 0.2) is 11.7 Å². The van der Waals surface area contributed by atoms with E-state index in [0.29, 0.717) is 12.2 Å². The van der Waals surface area contributed by atoms with E-state index < -0.39 is 17.6 Å². The Hall–Kier alpha value is -2.19. The Morgan fingerprint density at radius 3 is 2.52 bits per heavy atom. The van der Waals surface area contributed by atoms with E-state index in [0.717, 1.165) is 11.1 Å². The van der Waals surface area contributed by atoms with Crippen molar-refractivity contribution in [1.82, 2.24) is 5.32 Å². The van der Waals surface area contributed by atoms with Crippen LogP contribution in [-0.2, 0) is 9.53 Å². The largest absolute Gasteiger partial charge is 0.383 e. The summed E-state index contributed by atoms with van der Waals surface area (Å²) in [7, 11) is 1.52. The van der Waals surface area contributed by atoms with Crippen LogP contribution in [0.5, 0.6) is 0 Å². The maximum Gasteiger partial charge on any atom is 0.245 e. The summed E-state index contributed by atoms with van der Waals surface area (Å²) >= 11 is 0. The molecule has 0 aromatic heterocycles. The molecule has 1 aromatic rings. The summed E-state index contributed by atoms with van der Waals surface area (Å²) in [6.45, 7) is 5.89. The first-order valence-electron chi connectivity index (χ1n) is 6.71. The summed E-state index contributed by atoms with van der Waals surface area (Å²) in [5, 5.41) is 11.7. The SMILES string of the molecule is COCC(C)NC(=O)C(C#N)C(=O)c1ccc(C)c(C)c1. The summed E-state index contributed by atoms with van der Waals surface area (Å²) in [6.07, 6.45) is 0. The molecule has 0 saturated heterocycles. The van der Waals surface area contributed by atoms with Crippen LogP contribution >= 0.6 is 0 Å². The van der Waals surface area contributed by atoms with E-state index in [2.05, 4.69) is 5.32 Å². The van der Waals surface area contributed by atoms with Gasteiger partial charge in [-0.25, -0.2) is 0 Å². The van der Waals surface area contributed by atoms with Gasteiger partial charge >= 0.3 is 0 Å². The first kappa shape index (κ1) is 16.9. The van der Waals surface area contributed by atoms with Crippen molar-refractivity contribution in [3.8, 4) is 6.07 Å². The van der Waals surface area contributed by atoms with Crippen LogP contribution in [0.3, 0.4) is 0 Å². The zero-order valence-corrected chi connectivity index (χ0v) is 12.8. The third-order valence-electron chi connectivity index (χ3n) is 3.25. The molecular weight excluding hydrogens is 268 g/mol.